The van der Waals surface area contributed by atoms with E-state index in [2.05, 4.69) is 10.2 Å². The van der Waals surface area contributed by atoms with Crippen LogP contribution in [0.5, 0.6) is 5.75 Å². The number of anilines is 2. The third kappa shape index (κ3) is 2.67. The van der Waals surface area contributed by atoms with E-state index in [1.165, 1.54) is 6.42 Å². The molecule has 26 heavy (non-hydrogen) atoms. The fourth-order valence-electron chi connectivity index (χ4n) is 3.99. The van der Waals surface area contributed by atoms with Gasteiger partial charge in [0, 0.05) is 12.6 Å². The van der Waals surface area contributed by atoms with E-state index in [4.69, 9.17) is 0 Å². The van der Waals surface area contributed by atoms with Gasteiger partial charge >= 0.3 is 0 Å². The van der Waals surface area contributed by atoms with Gasteiger partial charge in [-0.1, -0.05) is 12.1 Å². The molecule has 2 unspecified atom stereocenters. The smallest absolute Gasteiger partial charge is 0.258 e. The SMILES string of the molecule is O=C(Nc1ccccc1N1CC2CCC1C2)c1cc(F)c(F)c(O)c1F. The van der Waals surface area contributed by atoms with Crippen LogP contribution in [-0.2, 0) is 0 Å². The van der Waals surface area contributed by atoms with E-state index in [0.29, 0.717) is 23.7 Å². The fraction of sp³-hybridized carbons (Fsp3) is 0.316. The van der Waals surface area contributed by atoms with Gasteiger partial charge in [-0.2, -0.15) is 4.39 Å². The average Bonchev–Trinajstić information content (AvgIpc) is 3.26. The van der Waals surface area contributed by atoms with Crippen molar-refractivity contribution in [1.29, 1.82) is 0 Å². The number of benzene rings is 2. The highest BCUT2D eigenvalue weighted by atomic mass is 19.2. The molecule has 4 nitrogen and oxygen atoms in total. The summed E-state index contributed by atoms with van der Waals surface area (Å²) in [5.74, 6) is -6.50. The van der Waals surface area contributed by atoms with Crippen molar-refractivity contribution >= 4 is 17.3 Å². The zero-order valence-corrected chi connectivity index (χ0v) is 13.8. The Morgan fingerprint density at radius 3 is 2.62 bits per heavy atom. The number of para-hydroxylation sites is 2. The Morgan fingerprint density at radius 1 is 1.15 bits per heavy atom. The zero-order chi connectivity index (χ0) is 18.4. The standard InChI is InChI=1S/C19H17F3N2O2/c20-13-8-12(16(21)18(25)17(13)22)19(26)23-14-3-1-2-4-15(14)24-9-10-5-6-11(24)7-10/h1-4,8,10-11,25H,5-7,9H2,(H,23,26). The first kappa shape index (κ1) is 16.8. The maximum Gasteiger partial charge on any atom is 0.258 e. The van der Waals surface area contributed by atoms with Crippen molar-refractivity contribution in [3.63, 3.8) is 0 Å². The molecule has 1 saturated heterocycles. The molecular formula is C19H17F3N2O2. The number of phenols is 1. The van der Waals surface area contributed by atoms with Crippen LogP contribution < -0.4 is 10.2 Å². The predicted molar refractivity (Wildman–Crippen MR) is 90.9 cm³/mol. The van der Waals surface area contributed by atoms with Gasteiger partial charge in [-0.15, -0.1) is 0 Å². The number of nitrogens with one attached hydrogen (secondary N) is 1. The average molecular weight is 362 g/mol. The Labute approximate surface area is 148 Å². The molecule has 1 saturated carbocycles. The van der Waals surface area contributed by atoms with Crippen molar-refractivity contribution in [2.45, 2.75) is 25.3 Å². The number of piperidine rings is 1. The summed E-state index contributed by atoms with van der Waals surface area (Å²) in [7, 11) is 0. The molecule has 2 aromatic rings. The van der Waals surface area contributed by atoms with Crippen LogP contribution in [-0.4, -0.2) is 23.6 Å². The lowest BCUT2D eigenvalue weighted by atomic mass is 10.1. The Kier molecular flexibility index (Phi) is 4.01. The number of phenolic OH excluding ortho intramolecular Hbond substituents is 1. The summed E-state index contributed by atoms with van der Waals surface area (Å²) in [6.45, 7) is 0.901. The van der Waals surface area contributed by atoms with Crippen LogP contribution in [0.3, 0.4) is 0 Å². The topological polar surface area (TPSA) is 52.6 Å². The summed E-state index contributed by atoms with van der Waals surface area (Å²) in [5.41, 5.74) is 0.535. The maximum absolute atomic E-state index is 14.0. The van der Waals surface area contributed by atoms with Crippen LogP contribution in [0.15, 0.2) is 30.3 Å². The minimum absolute atomic E-state index is 0.419. The summed E-state index contributed by atoms with van der Waals surface area (Å²) >= 11 is 0. The summed E-state index contributed by atoms with van der Waals surface area (Å²) < 4.78 is 40.7. The molecule has 2 bridgehead atoms. The van der Waals surface area contributed by atoms with Gasteiger partial charge in [0.1, 0.15) is 0 Å². The fourth-order valence-corrected chi connectivity index (χ4v) is 3.99. The van der Waals surface area contributed by atoms with Crippen LogP contribution in [0, 0.1) is 23.4 Å². The molecule has 2 aromatic carbocycles. The third-order valence-corrected chi connectivity index (χ3v) is 5.25. The molecule has 2 fully saturated rings. The molecule has 7 heteroatoms. The number of carbonyl (C=O) groups is 1. The van der Waals surface area contributed by atoms with Crippen molar-refractivity contribution < 1.29 is 23.1 Å². The van der Waals surface area contributed by atoms with E-state index in [1.54, 1.807) is 12.1 Å². The van der Waals surface area contributed by atoms with E-state index in [1.807, 2.05) is 12.1 Å². The van der Waals surface area contributed by atoms with E-state index in [9.17, 15) is 23.1 Å². The van der Waals surface area contributed by atoms with Gasteiger partial charge in [-0.25, -0.2) is 8.78 Å². The summed E-state index contributed by atoms with van der Waals surface area (Å²) in [4.78, 5) is 14.6. The van der Waals surface area contributed by atoms with Crippen LogP contribution in [0.25, 0.3) is 0 Å². The molecular weight excluding hydrogens is 345 g/mol. The first-order valence-corrected chi connectivity index (χ1v) is 8.49. The maximum atomic E-state index is 14.0. The zero-order valence-electron chi connectivity index (χ0n) is 13.8. The molecule has 1 amide bonds. The van der Waals surface area contributed by atoms with Gasteiger partial charge in [-0.3, -0.25) is 4.79 Å². The molecule has 2 atom stereocenters. The van der Waals surface area contributed by atoms with Gasteiger partial charge < -0.3 is 15.3 Å². The van der Waals surface area contributed by atoms with Crippen molar-refractivity contribution in [3.05, 3.63) is 53.3 Å². The first-order valence-electron chi connectivity index (χ1n) is 8.49. The number of hydrogen-bond acceptors (Lipinski definition) is 3. The number of amides is 1. The number of hydrogen-bond donors (Lipinski definition) is 2. The van der Waals surface area contributed by atoms with Crippen molar-refractivity contribution in [2.24, 2.45) is 5.92 Å². The van der Waals surface area contributed by atoms with Crippen LogP contribution in [0.4, 0.5) is 24.5 Å². The van der Waals surface area contributed by atoms with Crippen molar-refractivity contribution in [3.8, 4) is 5.75 Å². The van der Waals surface area contributed by atoms with E-state index in [0.717, 1.165) is 25.1 Å². The molecule has 4 rings (SSSR count). The van der Waals surface area contributed by atoms with Crippen LogP contribution in [0.1, 0.15) is 29.6 Å². The van der Waals surface area contributed by atoms with E-state index >= 15 is 0 Å². The molecule has 1 aliphatic heterocycles. The minimum atomic E-state index is -1.72. The largest absolute Gasteiger partial charge is 0.503 e. The number of halogens is 3. The van der Waals surface area contributed by atoms with Crippen LogP contribution >= 0.6 is 0 Å². The Hall–Kier alpha value is -2.70. The minimum Gasteiger partial charge on any atom is -0.503 e. The Balaban J connectivity index is 1.64. The second-order valence-corrected chi connectivity index (χ2v) is 6.84. The second-order valence-electron chi connectivity index (χ2n) is 6.84. The Bertz CT molecular complexity index is 887. The van der Waals surface area contributed by atoms with Crippen molar-refractivity contribution in [2.75, 3.05) is 16.8 Å². The number of rotatable bonds is 3. The molecule has 0 spiro atoms. The van der Waals surface area contributed by atoms with Crippen LogP contribution in [0.2, 0.25) is 0 Å². The lowest BCUT2D eigenvalue weighted by Gasteiger charge is -2.31. The normalized spacial score (nSPS) is 21.3. The number of aromatic hydroxyl groups is 1. The highest BCUT2D eigenvalue weighted by Gasteiger charge is 2.38. The molecule has 1 heterocycles. The van der Waals surface area contributed by atoms with Crippen molar-refractivity contribution in [1.82, 2.24) is 0 Å². The van der Waals surface area contributed by atoms with Gasteiger partial charge in [0.25, 0.3) is 5.91 Å². The third-order valence-electron chi connectivity index (χ3n) is 5.25. The molecule has 2 N–H and O–H groups in total. The highest BCUT2D eigenvalue weighted by molar-refractivity contribution is 6.06. The molecule has 0 radical (unpaired) electrons. The highest BCUT2D eigenvalue weighted by Crippen LogP contribution is 2.42. The summed E-state index contributed by atoms with van der Waals surface area (Å²) in [6, 6.07) is 7.99. The number of nitrogens with zero attached hydrogens (tertiary/aromatic N) is 1. The first-order chi connectivity index (χ1) is 12.5. The predicted octanol–water partition coefficient (Wildman–Crippen LogP) is 4.05. The number of carbonyl (C=O) groups excluding carboxylic acids is 1. The second kappa shape index (κ2) is 6.23. The van der Waals surface area contributed by atoms with Gasteiger partial charge in [-0.05, 0) is 43.4 Å². The Morgan fingerprint density at radius 2 is 1.92 bits per heavy atom. The number of fused-ring (bicyclic) bond motifs is 2. The summed E-state index contributed by atoms with van der Waals surface area (Å²) in [5, 5.41) is 11.9. The molecule has 0 aromatic heterocycles. The quantitative estimate of drug-likeness (QED) is 0.810. The summed E-state index contributed by atoms with van der Waals surface area (Å²) in [6.07, 6.45) is 3.42. The molecule has 1 aliphatic carbocycles. The van der Waals surface area contributed by atoms with Gasteiger partial charge in [0.15, 0.2) is 17.4 Å². The molecule has 136 valence electrons. The lowest BCUT2D eigenvalue weighted by Crippen LogP contribution is -2.32. The van der Waals surface area contributed by atoms with Gasteiger partial charge in [0.05, 0.1) is 16.9 Å². The molecule has 2 aliphatic rings. The monoisotopic (exact) mass is 362 g/mol. The lowest BCUT2D eigenvalue weighted by molar-refractivity contribution is 0.102. The van der Waals surface area contributed by atoms with E-state index in [-0.39, 0.29) is 0 Å². The van der Waals surface area contributed by atoms with E-state index < -0.39 is 34.7 Å². The van der Waals surface area contributed by atoms with Gasteiger partial charge in [0.2, 0.25) is 5.82 Å².